The molecule has 0 saturated carbocycles. The summed E-state index contributed by atoms with van der Waals surface area (Å²) in [5.74, 6) is -0.569. The fourth-order valence-electron chi connectivity index (χ4n) is 3.15. The number of hydrogen-bond acceptors (Lipinski definition) is 4. The average molecular weight is 378 g/mol. The highest BCUT2D eigenvalue weighted by atomic mass is 19.3. The Kier molecular flexibility index (Phi) is 5.73. The Hall–Kier alpha value is -2.90. The maximum absolute atomic E-state index is 12.5. The van der Waals surface area contributed by atoms with Crippen LogP contribution in [0.4, 0.5) is 8.78 Å². The number of carbonyl (C=O) groups excluding carboxylic acids is 2. The molecule has 3 rings (SSSR count). The SMILES string of the molecule is C[C@H](NC(=O)c1ccco1)C(=O)N[C@H]1CCCc2cc(OC(F)F)ccc21. The quantitative estimate of drug-likeness (QED) is 0.809. The predicted octanol–water partition coefficient (Wildman–Crippen LogP) is 3.19. The van der Waals surface area contributed by atoms with E-state index < -0.39 is 18.6 Å². The van der Waals surface area contributed by atoms with Crippen LogP contribution in [0.15, 0.2) is 41.0 Å². The third-order valence-electron chi connectivity index (χ3n) is 4.46. The van der Waals surface area contributed by atoms with E-state index in [1.54, 1.807) is 25.1 Å². The highest BCUT2D eigenvalue weighted by Gasteiger charge is 2.25. The van der Waals surface area contributed by atoms with Crippen molar-refractivity contribution in [2.75, 3.05) is 0 Å². The number of alkyl halides is 2. The number of halogens is 2. The molecule has 1 aromatic heterocycles. The van der Waals surface area contributed by atoms with Gasteiger partial charge >= 0.3 is 6.61 Å². The fraction of sp³-hybridized carbons (Fsp3) is 0.368. The first kappa shape index (κ1) is 18.9. The molecule has 2 atom stereocenters. The van der Waals surface area contributed by atoms with Crippen LogP contribution in [-0.2, 0) is 11.2 Å². The van der Waals surface area contributed by atoms with Crippen molar-refractivity contribution in [1.29, 1.82) is 0 Å². The fourth-order valence-corrected chi connectivity index (χ4v) is 3.15. The van der Waals surface area contributed by atoms with Crippen molar-refractivity contribution in [3.63, 3.8) is 0 Å². The number of benzene rings is 1. The average Bonchev–Trinajstić information content (AvgIpc) is 3.16. The summed E-state index contributed by atoms with van der Waals surface area (Å²) in [4.78, 5) is 24.4. The second-order valence-corrected chi connectivity index (χ2v) is 6.36. The Morgan fingerprint density at radius 2 is 2.11 bits per heavy atom. The highest BCUT2D eigenvalue weighted by Crippen LogP contribution is 2.32. The Morgan fingerprint density at radius 1 is 1.30 bits per heavy atom. The van der Waals surface area contributed by atoms with Gasteiger partial charge in [0, 0.05) is 0 Å². The molecule has 2 aromatic rings. The second kappa shape index (κ2) is 8.20. The Morgan fingerprint density at radius 3 is 2.81 bits per heavy atom. The third-order valence-corrected chi connectivity index (χ3v) is 4.46. The van der Waals surface area contributed by atoms with Gasteiger partial charge in [0.15, 0.2) is 5.76 Å². The maximum Gasteiger partial charge on any atom is 0.387 e. The molecule has 1 heterocycles. The van der Waals surface area contributed by atoms with Crippen molar-refractivity contribution >= 4 is 11.8 Å². The maximum atomic E-state index is 12.5. The molecule has 0 bridgehead atoms. The number of fused-ring (bicyclic) bond motifs is 1. The lowest BCUT2D eigenvalue weighted by Crippen LogP contribution is -2.46. The number of amides is 2. The molecule has 1 aliphatic rings. The molecule has 0 unspecified atom stereocenters. The molecule has 0 fully saturated rings. The van der Waals surface area contributed by atoms with Crippen LogP contribution in [0.5, 0.6) is 5.75 Å². The summed E-state index contributed by atoms with van der Waals surface area (Å²) in [5, 5.41) is 5.49. The lowest BCUT2D eigenvalue weighted by atomic mass is 9.87. The van der Waals surface area contributed by atoms with E-state index in [4.69, 9.17) is 4.42 Å². The van der Waals surface area contributed by atoms with E-state index >= 15 is 0 Å². The van der Waals surface area contributed by atoms with Gasteiger partial charge in [-0.3, -0.25) is 9.59 Å². The zero-order valence-electron chi connectivity index (χ0n) is 14.7. The number of nitrogens with one attached hydrogen (secondary N) is 2. The minimum atomic E-state index is -2.87. The van der Waals surface area contributed by atoms with Gasteiger partial charge in [0.1, 0.15) is 11.8 Å². The number of aryl methyl sites for hydroxylation is 1. The summed E-state index contributed by atoms with van der Waals surface area (Å²) in [6.45, 7) is -1.29. The molecular weight excluding hydrogens is 358 g/mol. The van der Waals surface area contributed by atoms with E-state index in [-0.39, 0.29) is 23.5 Å². The predicted molar refractivity (Wildman–Crippen MR) is 92.5 cm³/mol. The van der Waals surface area contributed by atoms with E-state index in [9.17, 15) is 18.4 Å². The van der Waals surface area contributed by atoms with Crippen LogP contribution < -0.4 is 15.4 Å². The minimum absolute atomic E-state index is 0.106. The highest BCUT2D eigenvalue weighted by molar-refractivity contribution is 5.95. The van der Waals surface area contributed by atoms with Gasteiger partial charge in [-0.15, -0.1) is 0 Å². The summed E-state index contributed by atoms with van der Waals surface area (Å²) in [5.41, 5.74) is 1.75. The van der Waals surface area contributed by atoms with Crippen LogP contribution in [0.3, 0.4) is 0 Å². The first-order valence-corrected chi connectivity index (χ1v) is 8.66. The molecule has 6 nitrogen and oxygen atoms in total. The van der Waals surface area contributed by atoms with Gasteiger partial charge in [-0.25, -0.2) is 0 Å². The van der Waals surface area contributed by atoms with Crippen molar-refractivity contribution in [3.8, 4) is 5.75 Å². The van der Waals surface area contributed by atoms with Crippen LogP contribution in [0.2, 0.25) is 0 Å². The molecular formula is C19H20F2N2O4. The summed E-state index contributed by atoms with van der Waals surface area (Å²) < 4.78 is 34.2. The molecule has 144 valence electrons. The van der Waals surface area contributed by atoms with Crippen molar-refractivity contribution in [2.24, 2.45) is 0 Å². The Balaban J connectivity index is 1.64. The Labute approximate surface area is 154 Å². The number of carbonyl (C=O) groups is 2. The Bertz CT molecular complexity index is 808. The topological polar surface area (TPSA) is 80.6 Å². The smallest absolute Gasteiger partial charge is 0.387 e. The van der Waals surface area contributed by atoms with Gasteiger partial charge in [0.25, 0.3) is 5.91 Å². The van der Waals surface area contributed by atoms with Crippen LogP contribution in [-0.4, -0.2) is 24.5 Å². The summed E-state index contributed by atoms with van der Waals surface area (Å²) in [7, 11) is 0. The lowest BCUT2D eigenvalue weighted by molar-refractivity contribution is -0.123. The van der Waals surface area contributed by atoms with Crippen molar-refractivity contribution in [1.82, 2.24) is 10.6 Å². The molecule has 0 saturated heterocycles. The van der Waals surface area contributed by atoms with Crippen molar-refractivity contribution < 1.29 is 27.5 Å². The third kappa shape index (κ3) is 4.64. The van der Waals surface area contributed by atoms with Crippen LogP contribution in [0, 0.1) is 0 Å². The largest absolute Gasteiger partial charge is 0.459 e. The van der Waals surface area contributed by atoms with Crippen LogP contribution in [0.25, 0.3) is 0 Å². The van der Waals surface area contributed by atoms with Crippen molar-refractivity contribution in [2.45, 2.75) is 44.9 Å². The van der Waals surface area contributed by atoms with Gasteiger partial charge in [0.2, 0.25) is 5.91 Å². The van der Waals surface area contributed by atoms with E-state index in [0.29, 0.717) is 0 Å². The molecule has 1 aliphatic carbocycles. The number of ether oxygens (including phenoxy) is 1. The summed E-state index contributed by atoms with van der Waals surface area (Å²) in [6.07, 6.45) is 3.65. The van der Waals surface area contributed by atoms with Gasteiger partial charge in [-0.2, -0.15) is 8.78 Å². The monoisotopic (exact) mass is 378 g/mol. The van der Waals surface area contributed by atoms with E-state index in [1.165, 1.54) is 18.4 Å². The van der Waals surface area contributed by atoms with Gasteiger partial charge < -0.3 is 19.8 Å². The second-order valence-electron chi connectivity index (χ2n) is 6.36. The first-order chi connectivity index (χ1) is 12.9. The van der Waals surface area contributed by atoms with Crippen molar-refractivity contribution in [3.05, 3.63) is 53.5 Å². The van der Waals surface area contributed by atoms with Gasteiger partial charge in [-0.1, -0.05) is 6.07 Å². The minimum Gasteiger partial charge on any atom is -0.459 e. The van der Waals surface area contributed by atoms with Gasteiger partial charge in [-0.05, 0) is 61.6 Å². The zero-order valence-corrected chi connectivity index (χ0v) is 14.7. The van der Waals surface area contributed by atoms with Crippen LogP contribution in [0.1, 0.15) is 47.5 Å². The molecule has 27 heavy (non-hydrogen) atoms. The number of furan rings is 1. The zero-order chi connectivity index (χ0) is 19.4. The molecule has 2 amide bonds. The molecule has 1 aromatic carbocycles. The lowest BCUT2D eigenvalue weighted by Gasteiger charge is -2.28. The molecule has 8 heteroatoms. The molecule has 0 radical (unpaired) electrons. The van der Waals surface area contributed by atoms with E-state index in [2.05, 4.69) is 15.4 Å². The van der Waals surface area contributed by atoms with E-state index in [0.717, 1.165) is 30.4 Å². The summed E-state index contributed by atoms with van der Waals surface area (Å²) >= 11 is 0. The number of hydrogen-bond donors (Lipinski definition) is 2. The first-order valence-electron chi connectivity index (χ1n) is 8.66. The van der Waals surface area contributed by atoms with Crippen LogP contribution >= 0.6 is 0 Å². The molecule has 0 spiro atoms. The standard InChI is InChI=1S/C19H20F2N2O4/c1-11(22-18(25)16-6-3-9-26-16)17(24)23-15-5-2-4-12-10-13(27-19(20)21)7-8-14(12)15/h3,6-11,15,19H,2,4-5H2,1H3,(H,22,25)(H,23,24)/t11-,15-/m0/s1. The molecule has 0 aliphatic heterocycles. The normalized spacial score (nSPS) is 17.1. The van der Waals surface area contributed by atoms with E-state index in [1.807, 2.05) is 0 Å². The number of rotatable bonds is 6. The molecule has 2 N–H and O–H groups in total. The summed E-state index contributed by atoms with van der Waals surface area (Å²) in [6, 6.07) is 6.85. The van der Waals surface area contributed by atoms with Gasteiger partial charge in [0.05, 0.1) is 12.3 Å².